The third kappa shape index (κ3) is 5.38. The maximum atomic E-state index is 12.1. The molecule has 3 N–H and O–H groups in total. The third-order valence-corrected chi connectivity index (χ3v) is 3.90. The summed E-state index contributed by atoms with van der Waals surface area (Å²) in [5, 5.41) is 8.01. The van der Waals surface area contributed by atoms with Crippen LogP contribution in [0.3, 0.4) is 0 Å². The van der Waals surface area contributed by atoms with Crippen LogP contribution < -0.4 is 16.0 Å². The Morgan fingerprint density at radius 3 is 2.43 bits per heavy atom. The molecule has 1 heterocycles. The van der Waals surface area contributed by atoms with Crippen molar-refractivity contribution in [3.63, 3.8) is 0 Å². The van der Waals surface area contributed by atoms with E-state index in [0.29, 0.717) is 17.2 Å². The zero-order chi connectivity index (χ0) is 19.9. The first-order valence-electron chi connectivity index (χ1n) is 8.81. The molecule has 0 aliphatic rings. The Morgan fingerprint density at radius 1 is 0.929 bits per heavy atom. The van der Waals surface area contributed by atoms with E-state index in [2.05, 4.69) is 25.9 Å². The van der Waals surface area contributed by atoms with Gasteiger partial charge in [0.25, 0.3) is 0 Å². The molecule has 3 amide bonds. The van der Waals surface area contributed by atoms with Crippen LogP contribution in [-0.4, -0.2) is 28.5 Å². The van der Waals surface area contributed by atoms with Gasteiger partial charge in [-0.05, 0) is 49.7 Å². The number of anilines is 2. The van der Waals surface area contributed by atoms with Crippen LogP contribution in [0.2, 0.25) is 0 Å². The van der Waals surface area contributed by atoms with Crippen molar-refractivity contribution in [3.05, 3.63) is 72.2 Å². The molecule has 7 heteroatoms. The number of benzene rings is 2. The number of rotatable bonds is 5. The molecular weight excluding hydrogens is 354 g/mol. The van der Waals surface area contributed by atoms with E-state index in [1.165, 1.54) is 0 Å². The lowest BCUT2D eigenvalue weighted by atomic mass is 10.1. The van der Waals surface area contributed by atoms with Crippen molar-refractivity contribution in [1.82, 2.24) is 15.3 Å². The highest BCUT2D eigenvalue weighted by molar-refractivity contribution is 5.97. The molecule has 3 aromatic rings. The summed E-state index contributed by atoms with van der Waals surface area (Å²) < 4.78 is 0. The van der Waals surface area contributed by atoms with Crippen molar-refractivity contribution in [2.24, 2.45) is 0 Å². The molecule has 0 aliphatic carbocycles. The summed E-state index contributed by atoms with van der Waals surface area (Å²) in [4.78, 5) is 32.5. The van der Waals surface area contributed by atoms with Crippen LogP contribution in [-0.2, 0) is 4.79 Å². The molecule has 0 aliphatic heterocycles. The molecule has 0 fully saturated rings. The number of hydrogen-bond acceptors (Lipinski definition) is 4. The minimum atomic E-state index is -0.439. The molecule has 142 valence electrons. The topological polar surface area (TPSA) is 96.0 Å². The third-order valence-electron chi connectivity index (χ3n) is 3.90. The Morgan fingerprint density at radius 2 is 1.68 bits per heavy atom. The molecule has 2 aromatic carbocycles. The zero-order valence-electron chi connectivity index (χ0n) is 15.7. The standard InChI is InChI=1S/C21H21N5O2/c1-14-5-3-7-17(11-14)26-21(28)23-13-20(27)25-18-8-4-6-16(12-18)19-9-10-22-15(2)24-19/h3-12H,13H2,1-2H3,(H,25,27)(H2,23,26,28). The van der Waals surface area contributed by atoms with E-state index >= 15 is 0 Å². The number of urea groups is 1. The summed E-state index contributed by atoms with van der Waals surface area (Å²) in [6, 6.07) is 16.1. The molecule has 0 spiro atoms. The quantitative estimate of drug-likeness (QED) is 0.636. The lowest BCUT2D eigenvalue weighted by Gasteiger charge is -2.10. The van der Waals surface area contributed by atoms with Gasteiger partial charge in [-0.2, -0.15) is 0 Å². The first-order valence-corrected chi connectivity index (χ1v) is 8.81. The summed E-state index contributed by atoms with van der Waals surface area (Å²) in [6.45, 7) is 3.62. The predicted octanol–water partition coefficient (Wildman–Crippen LogP) is 3.52. The van der Waals surface area contributed by atoms with E-state index in [4.69, 9.17) is 0 Å². The summed E-state index contributed by atoms with van der Waals surface area (Å²) in [5.41, 5.74) is 3.98. The van der Waals surface area contributed by atoms with Crippen LogP contribution in [0.15, 0.2) is 60.8 Å². The van der Waals surface area contributed by atoms with Gasteiger partial charge >= 0.3 is 6.03 Å². The molecule has 0 bridgehead atoms. The van der Waals surface area contributed by atoms with E-state index in [-0.39, 0.29) is 12.5 Å². The van der Waals surface area contributed by atoms with Gasteiger partial charge < -0.3 is 16.0 Å². The fraction of sp³-hybridized carbons (Fsp3) is 0.143. The molecule has 0 atom stereocenters. The maximum Gasteiger partial charge on any atom is 0.319 e. The summed E-state index contributed by atoms with van der Waals surface area (Å²) in [6.07, 6.45) is 1.69. The van der Waals surface area contributed by atoms with Gasteiger partial charge in [0.1, 0.15) is 5.82 Å². The van der Waals surface area contributed by atoms with Crippen molar-refractivity contribution in [1.29, 1.82) is 0 Å². The average Bonchev–Trinajstić information content (AvgIpc) is 2.67. The Kier molecular flexibility index (Phi) is 5.96. The highest BCUT2D eigenvalue weighted by Gasteiger charge is 2.08. The highest BCUT2D eigenvalue weighted by Crippen LogP contribution is 2.20. The normalized spacial score (nSPS) is 10.2. The molecule has 28 heavy (non-hydrogen) atoms. The minimum absolute atomic E-state index is 0.144. The number of nitrogens with one attached hydrogen (secondary N) is 3. The minimum Gasteiger partial charge on any atom is -0.329 e. The second kappa shape index (κ2) is 8.77. The van der Waals surface area contributed by atoms with Crippen molar-refractivity contribution in [2.75, 3.05) is 17.2 Å². The lowest BCUT2D eigenvalue weighted by molar-refractivity contribution is -0.115. The SMILES string of the molecule is Cc1cccc(NC(=O)NCC(=O)Nc2cccc(-c3ccnc(C)n3)c2)c1. The van der Waals surface area contributed by atoms with Crippen LogP contribution in [0, 0.1) is 13.8 Å². The van der Waals surface area contributed by atoms with Crippen molar-refractivity contribution >= 4 is 23.3 Å². The Balaban J connectivity index is 1.55. The van der Waals surface area contributed by atoms with Gasteiger partial charge in [0, 0.05) is 23.1 Å². The summed E-state index contributed by atoms with van der Waals surface area (Å²) in [7, 11) is 0. The highest BCUT2D eigenvalue weighted by atomic mass is 16.2. The van der Waals surface area contributed by atoms with Gasteiger partial charge in [0.15, 0.2) is 0 Å². The van der Waals surface area contributed by atoms with Crippen LogP contribution in [0.25, 0.3) is 11.3 Å². The van der Waals surface area contributed by atoms with E-state index in [1.807, 2.05) is 56.3 Å². The number of carbonyl (C=O) groups excluding carboxylic acids is 2. The van der Waals surface area contributed by atoms with Gasteiger partial charge in [-0.25, -0.2) is 14.8 Å². The first-order chi connectivity index (χ1) is 13.5. The Hall–Kier alpha value is -3.74. The number of aromatic nitrogens is 2. The summed E-state index contributed by atoms with van der Waals surface area (Å²) >= 11 is 0. The Labute approximate surface area is 163 Å². The molecule has 0 unspecified atom stereocenters. The van der Waals surface area contributed by atoms with Gasteiger partial charge in [-0.15, -0.1) is 0 Å². The molecule has 3 rings (SSSR count). The Bertz CT molecular complexity index is 1000. The molecular formula is C21H21N5O2. The van der Waals surface area contributed by atoms with Gasteiger partial charge in [0.2, 0.25) is 5.91 Å². The number of hydrogen-bond donors (Lipinski definition) is 3. The van der Waals surface area contributed by atoms with Crippen LogP contribution >= 0.6 is 0 Å². The molecule has 1 aromatic heterocycles. The van der Waals surface area contributed by atoms with Crippen LogP contribution in [0.4, 0.5) is 16.2 Å². The van der Waals surface area contributed by atoms with E-state index in [9.17, 15) is 9.59 Å². The van der Waals surface area contributed by atoms with Crippen LogP contribution in [0.1, 0.15) is 11.4 Å². The largest absolute Gasteiger partial charge is 0.329 e. The van der Waals surface area contributed by atoms with E-state index in [0.717, 1.165) is 16.8 Å². The lowest BCUT2D eigenvalue weighted by Crippen LogP contribution is -2.35. The monoisotopic (exact) mass is 375 g/mol. The first kappa shape index (κ1) is 19.0. The fourth-order valence-electron chi connectivity index (χ4n) is 2.64. The summed E-state index contributed by atoms with van der Waals surface area (Å²) in [5.74, 6) is 0.353. The number of carbonyl (C=O) groups is 2. The fourth-order valence-corrected chi connectivity index (χ4v) is 2.64. The predicted molar refractivity (Wildman–Crippen MR) is 109 cm³/mol. The van der Waals surface area contributed by atoms with E-state index < -0.39 is 6.03 Å². The smallest absolute Gasteiger partial charge is 0.319 e. The van der Waals surface area contributed by atoms with Crippen molar-refractivity contribution in [2.45, 2.75) is 13.8 Å². The second-order valence-corrected chi connectivity index (χ2v) is 6.30. The van der Waals surface area contributed by atoms with Crippen LogP contribution in [0.5, 0.6) is 0 Å². The zero-order valence-corrected chi connectivity index (χ0v) is 15.7. The number of aryl methyl sites for hydroxylation is 2. The molecule has 0 radical (unpaired) electrons. The van der Waals surface area contributed by atoms with Crippen molar-refractivity contribution < 1.29 is 9.59 Å². The van der Waals surface area contributed by atoms with Gasteiger partial charge in [0.05, 0.1) is 12.2 Å². The second-order valence-electron chi connectivity index (χ2n) is 6.30. The molecule has 0 saturated carbocycles. The number of nitrogens with zero attached hydrogens (tertiary/aromatic N) is 2. The van der Waals surface area contributed by atoms with Crippen molar-refractivity contribution in [3.8, 4) is 11.3 Å². The van der Waals surface area contributed by atoms with Gasteiger partial charge in [-0.1, -0.05) is 24.3 Å². The molecule has 7 nitrogen and oxygen atoms in total. The molecule has 0 saturated heterocycles. The van der Waals surface area contributed by atoms with E-state index in [1.54, 1.807) is 18.3 Å². The number of amides is 3. The average molecular weight is 375 g/mol. The van der Waals surface area contributed by atoms with Gasteiger partial charge in [-0.3, -0.25) is 4.79 Å². The maximum absolute atomic E-state index is 12.1.